The highest BCUT2D eigenvalue weighted by Gasteiger charge is 2.22. The Balaban J connectivity index is 2.12. The van der Waals surface area contributed by atoms with E-state index >= 15 is 0 Å². The zero-order chi connectivity index (χ0) is 13.1. The van der Waals surface area contributed by atoms with Crippen LogP contribution >= 0.6 is 11.6 Å². The lowest BCUT2D eigenvalue weighted by Crippen LogP contribution is -2.42. The second-order valence-electron chi connectivity index (χ2n) is 5.08. The Morgan fingerprint density at radius 1 is 1.33 bits per heavy atom. The highest BCUT2D eigenvalue weighted by atomic mass is 35.5. The molecule has 0 amide bonds. The maximum absolute atomic E-state index is 9.45. The fraction of sp³-hybridized carbons (Fsp3) is 0.571. The molecule has 1 saturated heterocycles. The van der Waals surface area contributed by atoms with Gasteiger partial charge in [0.2, 0.25) is 0 Å². The van der Waals surface area contributed by atoms with E-state index in [1.54, 1.807) is 0 Å². The zero-order valence-corrected chi connectivity index (χ0v) is 11.8. The third kappa shape index (κ3) is 2.79. The first-order valence-electron chi connectivity index (χ1n) is 6.43. The third-order valence-corrected chi connectivity index (χ3v) is 4.14. The number of rotatable bonds is 3. The first-order valence-corrected chi connectivity index (χ1v) is 6.81. The highest BCUT2D eigenvalue weighted by molar-refractivity contribution is 6.31. The van der Waals surface area contributed by atoms with Gasteiger partial charge < -0.3 is 14.9 Å². The van der Waals surface area contributed by atoms with E-state index in [2.05, 4.69) is 23.9 Å². The molecule has 18 heavy (non-hydrogen) atoms. The minimum Gasteiger partial charge on any atom is -0.392 e. The van der Waals surface area contributed by atoms with E-state index in [1.807, 2.05) is 18.2 Å². The van der Waals surface area contributed by atoms with E-state index in [-0.39, 0.29) is 6.61 Å². The fourth-order valence-corrected chi connectivity index (χ4v) is 2.85. The summed E-state index contributed by atoms with van der Waals surface area (Å²) < 4.78 is 0. The quantitative estimate of drug-likeness (QED) is 0.912. The molecule has 1 aliphatic heterocycles. The van der Waals surface area contributed by atoms with Crippen LogP contribution in [0.2, 0.25) is 5.02 Å². The van der Waals surface area contributed by atoms with Gasteiger partial charge in [-0.25, -0.2) is 0 Å². The van der Waals surface area contributed by atoms with Gasteiger partial charge in [-0.3, -0.25) is 0 Å². The Labute approximate surface area is 114 Å². The van der Waals surface area contributed by atoms with Crippen molar-refractivity contribution in [3.8, 4) is 0 Å². The van der Waals surface area contributed by atoms with Gasteiger partial charge in [-0.05, 0) is 39.1 Å². The number of piperidine rings is 1. The first kappa shape index (κ1) is 13.7. The van der Waals surface area contributed by atoms with Crippen LogP contribution in [0.25, 0.3) is 0 Å². The van der Waals surface area contributed by atoms with Crippen molar-refractivity contribution < 1.29 is 5.11 Å². The zero-order valence-electron chi connectivity index (χ0n) is 11.1. The Bertz CT molecular complexity index is 401. The van der Waals surface area contributed by atoms with Gasteiger partial charge in [0.25, 0.3) is 0 Å². The van der Waals surface area contributed by atoms with Crippen LogP contribution in [-0.4, -0.2) is 43.2 Å². The molecular formula is C14H21ClN2O. The lowest BCUT2D eigenvalue weighted by atomic mass is 10.0. The van der Waals surface area contributed by atoms with E-state index < -0.39 is 0 Å². The molecule has 4 heteroatoms. The summed E-state index contributed by atoms with van der Waals surface area (Å²) in [6.45, 7) is 2.05. The van der Waals surface area contributed by atoms with Crippen molar-refractivity contribution in [2.24, 2.45) is 0 Å². The predicted octanol–water partition coefficient (Wildman–Crippen LogP) is 2.36. The third-order valence-electron chi connectivity index (χ3n) is 3.79. The number of hydrogen-bond donors (Lipinski definition) is 1. The Kier molecular flexibility index (Phi) is 4.49. The van der Waals surface area contributed by atoms with Crippen molar-refractivity contribution in [2.45, 2.75) is 25.5 Å². The SMILES string of the molecule is CN(C)C1CCN(c2cccc(Cl)c2CO)CC1. The van der Waals surface area contributed by atoms with Crippen molar-refractivity contribution in [2.75, 3.05) is 32.1 Å². The van der Waals surface area contributed by atoms with Crippen LogP contribution in [0.15, 0.2) is 18.2 Å². The van der Waals surface area contributed by atoms with Crippen molar-refractivity contribution in [3.63, 3.8) is 0 Å². The standard InChI is InChI=1S/C14H21ClN2O/c1-16(2)11-6-8-17(9-7-11)14-5-3-4-13(15)12(14)10-18/h3-5,11,18H,6-10H2,1-2H3. The monoisotopic (exact) mass is 268 g/mol. The molecule has 1 aromatic carbocycles. The summed E-state index contributed by atoms with van der Waals surface area (Å²) in [5, 5.41) is 10.1. The van der Waals surface area contributed by atoms with Crippen LogP contribution in [0.1, 0.15) is 18.4 Å². The lowest BCUT2D eigenvalue weighted by Gasteiger charge is -2.37. The summed E-state index contributed by atoms with van der Waals surface area (Å²) in [6.07, 6.45) is 2.31. The van der Waals surface area contributed by atoms with Crippen LogP contribution in [0.3, 0.4) is 0 Å². The maximum atomic E-state index is 9.45. The van der Waals surface area contributed by atoms with Crippen LogP contribution in [0, 0.1) is 0 Å². The molecule has 0 bridgehead atoms. The van der Waals surface area contributed by atoms with Crippen LogP contribution in [0.5, 0.6) is 0 Å². The van der Waals surface area contributed by atoms with Crippen LogP contribution in [-0.2, 0) is 6.61 Å². The molecule has 100 valence electrons. The van der Waals surface area contributed by atoms with Gasteiger partial charge in [-0.15, -0.1) is 0 Å². The summed E-state index contributed by atoms with van der Waals surface area (Å²) in [7, 11) is 4.28. The number of nitrogens with zero attached hydrogens (tertiary/aromatic N) is 2. The molecule has 0 radical (unpaired) electrons. The second kappa shape index (κ2) is 5.91. The second-order valence-corrected chi connectivity index (χ2v) is 5.48. The number of aliphatic hydroxyl groups excluding tert-OH is 1. The van der Waals surface area contributed by atoms with E-state index in [0.29, 0.717) is 11.1 Å². The van der Waals surface area contributed by atoms with Crippen molar-refractivity contribution in [1.82, 2.24) is 4.90 Å². The van der Waals surface area contributed by atoms with E-state index in [9.17, 15) is 5.11 Å². The molecule has 1 heterocycles. The number of halogens is 1. The summed E-state index contributed by atoms with van der Waals surface area (Å²) in [5.74, 6) is 0. The average molecular weight is 269 g/mol. The number of benzene rings is 1. The van der Waals surface area contributed by atoms with Crippen molar-refractivity contribution in [1.29, 1.82) is 0 Å². The van der Waals surface area contributed by atoms with E-state index in [4.69, 9.17) is 11.6 Å². The number of hydrogen-bond acceptors (Lipinski definition) is 3. The Morgan fingerprint density at radius 3 is 2.56 bits per heavy atom. The van der Waals surface area contributed by atoms with Gasteiger partial charge in [0.05, 0.1) is 6.61 Å². The molecule has 0 aromatic heterocycles. The Hall–Kier alpha value is -0.770. The fourth-order valence-electron chi connectivity index (χ4n) is 2.62. The number of anilines is 1. The molecule has 0 saturated carbocycles. The molecule has 0 aliphatic carbocycles. The molecule has 2 rings (SSSR count). The smallest absolute Gasteiger partial charge is 0.0716 e. The number of aliphatic hydroxyl groups is 1. The molecule has 0 atom stereocenters. The van der Waals surface area contributed by atoms with Gasteiger partial charge in [0.1, 0.15) is 0 Å². The van der Waals surface area contributed by atoms with Gasteiger partial charge in [0, 0.05) is 35.4 Å². The molecular weight excluding hydrogens is 248 g/mol. The molecule has 1 fully saturated rings. The largest absolute Gasteiger partial charge is 0.392 e. The molecule has 0 unspecified atom stereocenters. The van der Waals surface area contributed by atoms with E-state index in [1.165, 1.54) is 0 Å². The summed E-state index contributed by atoms with van der Waals surface area (Å²) in [6, 6.07) is 6.50. The molecule has 0 spiro atoms. The lowest BCUT2D eigenvalue weighted by molar-refractivity contribution is 0.248. The Morgan fingerprint density at radius 2 is 2.00 bits per heavy atom. The minimum atomic E-state index is 0.00260. The van der Waals surface area contributed by atoms with Crippen molar-refractivity contribution in [3.05, 3.63) is 28.8 Å². The maximum Gasteiger partial charge on any atom is 0.0716 e. The van der Waals surface area contributed by atoms with Gasteiger partial charge in [-0.1, -0.05) is 17.7 Å². The van der Waals surface area contributed by atoms with Gasteiger partial charge in [0.15, 0.2) is 0 Å². The predicted molar refractivity (Wildman–Crippen MR) is 76.3 cm³/mol. The van der Waals surface area contributed by atoms with Crippen LogP contribution < -0.4 is 4.90 Å². The summed E-state index contributed by atoms with van der Waals surface area (Å²) in [5.41, 5.74) is 1.93. The van der Waals surface area contributed by atoms with E-state index in [0.717, 1.165) is 37.2 Å². The van der Waals surface area contributed by atoms with Crippen LogP contribution in [0.4, 0.5) is 5.69 Å². The topological polar surface area (TPSA) is 26.7 Å². The minimum absolute atomic E-state index is 0.00260. The van der Waals surface area contributed by atoms with Gasteiger partial charge >= 0.3 is 0 Å². The summed E-state index contributed by atoms with van der Waals surface area (Å²) >= 11 is 6.13. The van der Waals surface area contributed by atoms with Gasteiger partial charge in [-0.2, -0.15) is 0 Å². The average Bonchev–Trinajstić information content (AvgIpc) is 2.38. The molecule has 3 nitrogen and oxygen atoms in total. The van der Waals surface area contributed by atoms with Crippen molar-refractivity contribution >= 4 is 17.3 Å². The summed E-state index contributed by atoms with van der Waals surface area (Å²) in [4.78, 5) is 4.62. The molecule has 1 N–H and O–H groups in total. The normalized spacial score (nSPS) is 17.5. The molecule has 1 aliphatic rings. The first-order chi connectivity index (χ1) is 8.63. The molecule has 1 aromatic rings. The highest BCUT2D eigenvalue weighted by Crippen LogP contribution is 2.30.